The number of hydrogen-bond acceptors (Lipinski definition) is 5. The van der Waals surface area contributed by atoms with Crippen LogP contribution in [0.15, 0.2) is 48.1 Å². The fourth-order valence-corrected chi connectivity index (χ4v) is 4.19. The third-order valence-electron chi connectivity index (χ3n) is 4.86. The maximum absolute atomic E-state index is 12.6. The molecule has 1 fully saturated rings. The summed E-state index contributed by atoms with van der Waals surface area (Å²) in [6.45, 7) is 4.19. The van der Waals surface area contributed by atoms with Crippen molar-refractivity contribution in [3.63, 3.8) is 0 Å². The summed E-state index contributed by atoms with van der Waals surface area (Å²) in [5.41, 5.74) is 2.79. The van der Waals surface area contributed by atoms with E-state index in [1.165, 1.54) is 0 Å². The first-order chi connectivity index (χ1) is 13.2. The van der Waals surface area contributed by atoms with Crippen LogP contribution in [0.1, 0.15) is 17.8 Å². The van der Waals surface area contributed by atoms with Crippen LogP contribution in [0.5, 0.6) is 0 Å². The number of likely N-dealkylation sites (tertiary alicyclic amines) is 1. The third kappa shape index (κ3) is 4.43. The van der Waals surface area contributed by atoms with E-state index >= 15 is 0 Å². The number of carbonyl (C=O) groups is 1. The van der Waals surface area contributed by atoms with Gasteiger partial charge in [-0.3, -0.25) is 14.4 Å². The maximum atomic E-state index is 12.6. The molecule has 1 aromatic carbocycles. The molecule has 2 aromatic heterocycles. The topological polar surface area (TPSA) is 63.1 Å². The van der Waals surface area contributed by atoms with Gasteiger partial charge in [-0.15, -0.1) is 11.3 Å². The predicted molar refractivity (Wildman–Crippen MR) is 108 cm³/mol. The molecule has 0 unspecified atom stereocenters. The standard InChI is InChI=1S/C20H23N5OS/c1-15-22-19(14-27-15)16-5-2-6-17(11-16)23-20(26)13-24-9-3-7-18(24)12-25-10-4-8-21-25/h2,4-6,8,10-11,14,18H,3,7,9,12-13H2,1H3,(H,23,26)/t18-/m0/s1. The number of benzene rings is 1. The molecular weight excluding hydrogens is 358 g/mol. The lowest BCUT2D eigenvalue weighted by atomic mass is 10.1. The van der Waals surface area contributed by atoms with Crippen LogP contribution >= 0.6 is 11.3 Å². The normalized spacial score (nSPS) is 17.3. The zero-order valence-corrected chi connectivity index (χ0v) is 16.2. The molecule has 0 radical (unpaired) electrons. The smallest absolute Gasteiger partial charge is 0.238 e. The molecule has 1 atom stereocenters. The lowest BCUT2D eigenvalue weighted by Crippen LogP contribution is -2.39. The van der Waals surface area contributed by atoms with Crippen molar-refractivity contribution in [2.24, 2.45) is 0 Å². The zero-order valence-electron chi connectivity index (χ0n) is 15.3. The molecule has 27 heavy (non-hydrogen) atoms. The highest BCUT2D eigenvalue weighted by molar-refractivity contribution is 7.09. The highest BCUT2D eigenvalue weighted by Crippen LogP contribution is 2.24. The first kappa shape index (κ1) is 17.9. The van der Waals surface area contributed by atoms with Crippen LogP contribution in [-0.2, 0) is 11.3 Å². The van der Waals surface area contributed by atoms with Crippen LogP contribution < -0.4 is 5.32 Å². The molecule has 1 amide bonds. The number of aryl methyl sites for hydroxylation is 1. The average molecular weight is 382 g/mol. The van der Waals surface area contributed by atoms with E-state index < -0.39 is 0 Å². The summed E-state index contributed by atoms with van der Waals surface area (Å²) in [6.07, 6.45) is 5.99. The quantitative estimate of drug-likeness (QED) is 0.711. The molecule has 1 aliphatic rings. The molecule has 6 nitrogen and oxygen atoms in total. The Morgan fingerprint density at radius 2 is 2.30 bits per heavy atom. The van der Waals surface area contributed by atoms with Gasteiger partial charge in [0.05, 0.1) is 23.8 Å². The van der Waals surface area contributed by atoms with Gasteiger partial charge < -0.3 is 5.32 Å². The molecule has 4 rings (SSSR count). The number of nitrogens with one attached hydrogen (secondary N) is 1. The molecule has 1 saturated heterocycles. The molecular formula is C20H23N5OS. The van der Waals surface area contributed by atoms with Crippen molar-refractivity contribution in [2.45, 2.75) is 32.4 Å². The number of carbonyl (C=O) groups excluding carboxylic acids is 1. The van der Waals surface area contributed by atoms with E-state index in [1.54, 1.807) is 17.5 Å². The Hall–Kier alpha value is -2.51. The second-order valence-electron chi connectivity index (χ2n) is 6.88. The zero-order chi connectivity index (χ0) is 18.6. The second-order valence-corrected chi connectivity index (χ2v) is 7.94. The summed E-state index contributed by atoms with van der Waals surface area (Å²) in [5.74, 6) is 0.0222. The summed E-state index contributed by atoms with van der Waals surface area (Å²) in [7, 11) is 0. The molecule has 7 heteroatoms. The van der Waals surface area contributed by atoms with Crippen molar-refractivity contribution in [3.8, 4) is 11.3 Å². The van der Waals surface area contributed by atoms with Crippen molar-refractivity contribution >= 4 is 22.9 Å². The van der Waals surface area contributed by atoms with Gasteiger partial charge in [0.25, 0.3) is 0 Å². The maximum Gasteiger partial charge on any atom is 0.238 e. The monoisotopic (exact) mass is 381 g/mol. The lowest BCUT2D eigenvalue weighted by Gasteiger charge is -2.23. The van der Waals surface area contributed by atoms with Gasteiger partial charge in [0.2, 0.25) is 5.91 Å². The van der Waals surface area contributed by atoms with Crippen molar-refractivity contribution in [1.82, 2.24) is 19.7 Å². The van der Waals surface area contributed by atoms with Crippen LogP contribution in [0, 0.1) is 6.92 Å². The van der Waals surface area contributed by atoms with Crippen molar-refractivity contribution in [3.05, 3.63) is 53.1 Å². The van der Waals surface area contributed by atoms with Crippen LogP contribution in [0.2, 0.25) is 0 Å². The first-order valence-corrected chi connectivity index (χ1v) is 10.1. The minimum Gasteiger partial charge on any atom is -0.325 e. The van der Waals surface area contributed by atoms with Crippen molar-refractivity contribution < 1.29 is 4.79 Å². The van der Waals surface area contributed by atoms with Gasteiger partial charge in [-0.1, -0.05) is 12.1 Å². The van der Waals surface area contributed by atoms with Gasteiger partial charge in [-0.25, -0.2) is 4.98 Å². The predicted octanol–water partition coefficient (Wildman–Crippen LogP) is 3.42. The van der Waals surface area contributed by atoms with Gasteiger partial charge in [0.1, 0.15) is 0 Å². The number of rotatable bonds is 6. The first-order valence-electron chi connectivity index (χ1n) is 9.21. The number of amides is 1. The second kappa shape index (κ2) is 8.02. The summed E-state index contributed by atoms with van der Waals surface area (Å²) < 4.78 is 1.94. The van der Waals surface area contributed by atoms with Crippen LogP contribution in [0.4, 0.5) is 5.69 Å². The molecule has 1 aliphatic heterocycles. The van der Waals surface area contributed by atoms with E-state index in [0.29, 0.717) is 12.6 Å². The Bertz CT molecular complexity index is 905. The molecule has 140 valence electrons. The lowest BCUT2D eigenvalue weighted by molar-refractivity contribution is -0.117. The van der Waals surface area contributed by atoms with Crippen LogP contribution in [0.3, 0.4) is 0 Å². The van der Waals surface area contributed by atoms with E-state index in [2.05, 4.69) is 20.3 Å². The van der Waals surface area contributed by atoms with E-state index in [0.717, 1.165) is 47.9 Å². The molecule has 0 spiro atoms. The van der Waals surface area contributed by atoms with Gasteiger partial charge in [0.15, 0.2) is 0 Å². The number of nitrogens with zero attached hydrogens (tertiary/aromatic N) is 4. The Labute approximate surface area is 162 Å². The number of aromatic nitrogens is 3. The third-order valence-corrected chi connectivity index (χ3v) is 5.64. The van der Waals surface area contributed by atoms with E-state index in [4.69, 9.17) is 0 Å². The Kier molecular flexibility index (Phi) is 5.31. The van der Waals surface area contributed by atoms with Crippen LogP contribution in [0.25, 0.3) is 11.3 Å². The number of hydrogen-bond donors (Lipinski definition) is 1. The SMILES string of the molecule is Cc1nc(-c2cccc(NC(=O)CN3CCC[C@H]3Cn3cccn3)c2)cs1. The Balaban J connectivity index is 1.37. The Morgan fingerprint density at radius 1 is 1.37 bits per heavy atom. The highest BCUT2D eigenvalue weighted by Gasteiger charge is 2.26. The van der Waals surface area contributed by atoms with Crippen molar-refractivity contribution in [2.75, 3.05) is 18.4 Å². The summed E-state index contributed by atoms with van der Waals surface area (Å²) in [6, 6.07) is 10.2. The molecule has 3 aromatic rings. The van der Waals surface area contributed by atoms with E-state index in [1.807, 2.05) is 53.5 Å². The van der Waals surface area contributed by atoms with E-state index in [9.17, 15) is 4.79 Å². The number of thiazole rings is 1. The Morgan fingerprint density at radius 3 is 3.07 bits per heavy atom. The minimum absolute atomic E-state index is 0.0222. The minimum atomic E-state index is 0.0222. The molecule has 0 bridgehead atoms. The molecule has 0 aliphatic carbocycles. The fourth-order valence-electron chi connectivity index (χ4n) is 3.57. The summed E-state index contributed by atoms with van der Waals surface area (Å²) in [5, 5.41) is 10.4. The molecule has 1 N–H and O–H groups in total. The summed E-state index contributed by atoms with van der Waals surface area (Å²) >= 11 is 1.63. The average Bonchev–Trinajstić information content (AvgIpc) is 3.39. The molecule has 0 saturated carbocycles. The van der Waals surface area contributed by atoms with Crippen molar-refractivity contribution in [1.29, 1.82) is 0 Å². The van der Waals surface area contributed by atoms with Gasteiger partial charge >= 0.3 is 0 Å². The highest BCUT2D eigenvalue weighted by atomic mass is 32.1. The largest absolute Gasteiger partial charge is 0.325 e. The van der Waals surface area contributed by atoms with Gasteiger partial charge in [0, 0.05) is 35.1 Å². The molecule has 3 heterocycles. The summed E-state index contributed by atoms with van der Waals surface area (Å²) in [4.78, 5) is 19.4. The van der Waals surface area contributed by atoms with Gasteiger partial charge in [-0.2, -0.15) is 5.10 Å². The van der Waals surface area contributed by atoms with Gasteiger partial charge in [-0.05, 0) is 44.5 Å². The number of anilines is 1. The van der Waals surface area contributed by atoms with E-state index in [-0.39, 0.29) is 5.91 Å². The van der Waals surface area contributed by atoms with Crippen LogP contribution in [-0.4, -0.2) is 44.7 Å². The fraction of sp³-hybridized carbons (Fsp3) is 0.350.